The van der Waals surface area contributed by atoms with E-state index in [1.54, 1.807) is 0 Å². The molecule has 0 spiro atoms. The van der Waals surface area contributed by atoms with E-state index in [9.17, 15) is 17.9 Å². The lowest BCUT2D eigenvalue weighted by atomic mass is 9.95. The minimum Gasteiger partial charge on any atom is -0.372 e. The zero-order valence-electron chi connectivity index (χ0n) is 6.14. The van der Waals surface area contributed by atoms with Crippen molar-refractivity contribution in [1.29, 1.82) is 0 Å². The fourth-order valence-corrected chi connectivity index (χ4v) is 1.13. The van der Waals surface area contributed by atoms with Gasteiger partial charge in [0.25, 0.3) is 0 Å². The van der Waals surface area contributed by atoms with E-state index in [0.717, 1.165) is 0 Å². The molecule has 0 N–H and O–H groups in total. The van der Waals surface area contributed by atoms with Crippen molar-refractivity contribution >= 4 is 0 Å². The molecule has 1 rings (SSSR count). The molecule has 1 saturated heterocycles. The van der Waals surface area contributed by atoms with Crippen LogP contribution < -0.4 is 0 Å². The SMILES string of the molecule is FN(F)CC1(CN(F)F)CCO1. The summed E-state index contributed by atoms with van der Waals surface area (Å²) in [5.41, 5.74) is -1.38. The van der Waals surface area contributed by atoms with Crippen molar-refractivity contribution in [3.8, 4) is 0 Å². The lowest BCUT2D eigenvalue weighted by molar-refractivity contribution is -0.275. The first kappa shape index (κ1) is 9.69. The highest BCUT2D eigenvalue weighted by molar-refractivity contribution is 4.89. The van der Waals surface area contributed by atoms with E-state index < -0.39 is 29.4 Å². The Bertz CT molecular complexity index is 138. The second-order valence-corrected chi connectivity index (χ2v) is 2.70. The number of halogens is 4. The maximum absolute atomic E-state index is 11.7. The van der Waals surface area contributed by atoms with E-state index in [1.165, 1.54) is 0 Å². The quantitative estimate of drug-likeness (QED) is 0.488. The fraction of sp³-hybridized carbons (Fsp3) is 1.00. The summed E-state index contributed by atoms with van der Waals surface area (Å²) < 4.78 is 51.5. The molecule has 0 unspecified atom stereocenters. The van der Waals surface area contributed by atoms with Gasteiger partial charge in [0.05, 0.1) is 19.7 Å². The number of rotatable bonds is 4. The van der Waals surface area contributed by atoms with Gasteiger partial charge in [-0.3, -0.25) is 0 Å². The third-order valence-electron chi connectivity index (χ3n) is 1.78. The summed E-state index contributed by atoms with van der Waals surface area (Å²) >= 11 is 0. The molecule has 0 aromatic carbocycles. The van der Waals surface area contributed by atoms with E-state index in [2.05, 4.69) is 0 Å². The molecule has 1 aliphatic heterocycles. The molecule has 0 bridgehead atoms. The second kappa shape index (κ2) is 3.55. The average Bonchev–Trinajstić information content (AvgIpc) is 1.80. The molecule has 0 aliphatic carbocycles. The predicted octanol–water partition coefficient (Wildman–Crippen LogP) is 1.29. The monoisotopic (exact) mass is 188 g/mol. The van der Waals surface area contributed by atoms with Gasteiger partial charge in [0.2, 0.25) is 0 Å². The Morgan fingerprint density at radius 1 is 1.08 bits per heavy atom. The van der Waals surface area contributed by atoms with Crippen LogP contribution in [0.3, 0.4) is 0 Å². The van der Waals surface area contributed by atoms with E-state index in [4.69, 9.17) is 4.74 Å². The molecule has 0 saturated carbocycles. The van der Waals surface area contributed by atoms with E-state index in [0.29, 0.717) is 0 Å². The van der Waals surface area contributed by atoms with Crippen LogP contribution in [0.2, 0.25) is 0 Å². The molecule has 72 valence electrons. The molecule has 7 heteroatoms. The van der Waals surface area contributed by atoms with Crippen LogP contribution in [0.15, 0.2) is 0 Å². The predicted molar refractivity (Wildman–Crippen MR) is 31.1 cm³/mol. The molecular formula is C5H8F4N2O. The summed E-state index contributed by atoms with van der Waals surface area (Å²) in [6.45, 7) is -1.30. The average molecular weight is 188 g/mol. The largest absolute Gasteiger partial charge is 0.372 e. The van der Waals surface area contributed by atoms with Crippen LogP contribution in [0, 0.1) is 0 Å². The number of nitrogens with zero attached hydrogens (tertiary/aromatic N) is 2. The molecule has 0 atom stereocenters. The first-order chi connectivity index (χ1) is 5.54. The van der Waals surface area contributed by atoms with Crippen molar-refractivity contribution in [1.82, 2.24) is 10.7 Å². The molecule has 12 heavy (non-hydrogen) atoms. The van der Waals surface area contributed by atoms with Gasteiger partial charge in [0, 0.05) is 17.1 Å². The summed E-state index contributed by atoms with van der Waals surface area (Å²) in [5.74, 6) is 0. The van der Waals surface area contributed by atoms with Gasteiger partial charge in [-0.25, -0.2) is 0 Å². The molecule has 3 nitrogen and oxygen atoms in total. The van der Waals surface area contributed by atoms with Gasteiger partial charge in [-0.1, -0.05) is 0 Å². The highest BCUT2D eigenvalue weighted by Gasteiger charge is 2.43. The molecule has 0 amide bonds. The van der Waals surface area contributed by atoms with Crippen molar-refractivity contribution in [2.75, 3.05) is 19.7 Å². The summed E-state index contributed by atoms with van der Waals surface area (Å²) in [6.07, 6.45) is 0.238. The summed E-state index contributed by atoms with van der Waals surface area (Å²) in [5, 5.41) is -2.27. The topological polar surface area (TPSA) is 15.7 Å². The van der Waals surface area contributed by atoms with Crippen LogP contribution in [-0.2, 0) is 4.74 Å². The lowest BCUT2D eigenvalue weighted by Gasteiger charge is -2.40. The van der Waals surface area contributed by atoms with Crippen LogP contribution >= 0.6 is 0 Å². The minimum atomic E-state index is -1.38. The van der Waals surface area contributed by atoms with Gasteiger partial charge in [0.15, 0.2) is 0 Å². The smallest absolute Gasteiger partial charge is 0.106 e. The Morgan fingerprint density at radius 2 is 1.50 bits per heavy atom. The number of hydrogen-bond acceptors (Lipinski definition) is 3. The first-order valence-corrected chi connectivity index (χ1v) is 3.36. The second-order valence-electron chi connectivity index (χ2n) is 2.70. The molecule has 1 fully saturated rings. The van der Waals surface area contributed by atoms with Crippen molar-refractivity contribution in [2.24, 2.45) is 0 Å². The summed E-state index contributed by atoms with van der Waals surface area (Å²) in [6, 6.07) is 0. The van der Waals surface area contributed by atoms with Crippen LogP contribution in [-0.4, -0.2) is 36.0 Å². The van der Waals surface area contributed by atoms with E-state index in [-0.39, 0.29) is 13.0 Å². The molecular weight excluding hydrogens is 180 g/mol. The summed E-state index contributed by atoms with van der Waals surface area (Å²) in [7, 11) is 0. The highest BCUT2D eigenvalue weighted by Crippen LogP contribution is 2.29. The fourth-order valence-electron chi connectivity index (χ4n) is 1.13. The zero-order valence-corrected chi connectivity index (χ0v) is 6.14. The van der Waals surface area contributed by atoms with Crippen LogP contribution in [0.4, 0.5) is 17.9 Å². The van der Waals surface area contributed by atoms with E-state index >= 15 is 0 Å². The van der Waals surface area contributed by atoms with Crippen LogP contribution in [0.1, 0.15) is 6.42 Å². The van der Waals surface area contributed by atoms with Crippen molar-refractivity contribution in [3.63, 3.8) is 0 Å². The van der Waals surface area contributed by atoms with Crippen LogP contribution in [0.25, 0.3) is 0 Å². The van der Waals surface area contributed by atoms with Gasteiger partial charge in [-0.05, 0) is 0 Å². The van der Waals surface area contributed by atoms with Crippen LogP contribution in [0.5, 0.6) is 0 Å². The Morgan fingerprint density at radius 3 is 1.67 bits per heavy atom. The Hall–Kier alpha value is -0.400. The lowest BCUT2D eigenvalue weighted by Crippen LogP contribution is -2.54. The molecule has 0 aromatic heterocycles. The van der Waals surface area contributed by atoms with Gasteiger partial charge in [-0.15, -0.1) is 17.9 Å². The summed E-state index contributed by atoms with van der Waals surface area (Å²) in [4.78, 5) is 0. The number of hydrogen-bond donors (Lipinski definition) is 0. The minimum absolute atomic E-state index is 0.238. The van der Waals surface area contributed by atoms with Gasteiger partial charge >= 0.3 is 0 Å². The van der Waals surface area contributed by atoms with E-state index in [1.807, 2.05) is 0 Å². The molecule has 1 heterocycles. The highest BCUT2D eigenvalue weighted by atomic mass is 19.4. The Kier molecular flexibility index (Phi) is 2.86. The normalized spacial score (nSPS) is 21.5. The van der Waals surface area contributed by atoms with Crippen molar-refractivity contribution in [2.45, 2.75) is 12.0 Å². The van der Waals surface area contributed by atoms with Gasteiger partial charge < -0.3 is 4.74 Å². The Labute approximate surface area is 66.2 Å². The van der Waals surface area contributed by atoms with Gasteiger partial charge in [-0.2, -0.15) is 0 Å². The maximum atomic E-state index is 11.7. The molecule has 0 radical (unpaired) electrons. The maximum Gasteiger partial charge on any atom is 0.106 e. The zero-order chi connectivity index (χ0) is 9.19. The van der Waals surface area contributed by atoms with Gasteiger partial charge in [0.1, 0.15) is 5.60 Å². The third kappa shape index (κ3) is 2.29. The van der Waals surface area contributed by atoms with Crippen molar-refractivity contribution < 1.29 is 22.7 Å². The Balaban J connectivity index is 2.39. The van der Waals surface area contributed by atoms with Crippen molar-refractivity contribution in [3.05, 3.63) is 0 Å². The first-order valence-electron chi connectivity index (χ1n) is 3.36. The standard InChI is InChI=1S/C5H8F4N2O/c6-10(7)3-5(1-2-12-5)4-11(8)9/h1-4H2. The third-order valence-corrected chi connectivity index (χ3v) is 1.78. The molecule has 1 aliphatic rings. The molecule has 0 aromatic rings. The number of ether oxygens (including phenoxy) is 1.